The fourth-order valence-electron chi connectivity index (χ4n) is 4.37. The van der Waals surface area contributed by atoms with Gasteiger partial charge in [-0.1, -0.05) is 0 Å². The van der Waals surface area contributed by atoms with Gasteiger partial charge in [0.1, 0.15) is 11.4 Å². The van der Waals surface area contributed by atoms with Crippen LogP contribution in [0.4, 0.5) is 11.4 Å². The first kappa shape index (κ1) is 21.0. The Morgan fingerprint density at radius 1 is 1.23 bits per heavy atom. The van der Waals surface area contributed by atoms with Crippen molar-refractivity contribution in [1.82, 2.24) is 14.8 Å². The van der Waals surface area contributed by atoms with Crippen LogP contribution in [-0.4, -0.2) is 45.0 Å². The number of aryl methyl sites for hydroxylation is 1. The Labute approximate surface area is 186 Å². The van der Waals surface area contributed by atoms with Gasteiger partial charge in [-0.2, -0.15) is 0 Å². The molecule has 31 heavy (non-hydrogen) atoms. The van der Waals surface area contributed by atoms with Crippen molar-refractivity contribution in [2.45, 2.75) is 33.6 Å². The number of hydrogen-bond donors (Lipinski definition) is 1. The van der Waals surface area contributed by atoms with Gasteiger partial charge in [0.25, 0.3) is 11.6 Å². The largest absolute Gasteiger partial charge is 0.366 e. The average molecular weight is 440 g/mol. The molecular weight excluding hydrogens is 414 g/mol. The van der Waals surface area contributed by atoms with Crippen molar-refractivity contribution in [3.05, 3.63) is 57.0 Å². The molecule has 8 nitrogen and oxygen atoms in total. The lowest BCUT2D eigenvalue weighted by Gasteiger charge is -2.19. The van der Waals surface area contributed by atoms with E-state index >= 15 is 0 Å². The summed E-state index contributed by atoms with van der Waals surface area (Å²) in [5.41, 5.74) is 4.62. The quantitative estimate of drug-likeness (QED) is 0.331. The van der Waals surface area contributed by atoms with E-state index in [2.05, 4.69) is 10.2 Å². The van der Waals surface area contributed by atoms with Crippen LogP contribution in [0.25, 0.3) is 11.8 Å². The van der Waals surface area contributed by atoms with E-state index in [9.17, 15) is 14.9 Å². The summed E-state index contributed by atoms with van der Waals surface area (Å²) < 4.78 is 1.97. The highest BCUT2D eigenvalue weighted by atomic mass is 32.1. The van der Waals surface area contributed by atoms with Crippen LogP contribution in [0.5, 0.6) is 0 Å². The number of thiocarbonyl (C=S) groups is 1. The average Bonchev–Trinajstić information content (AvgIpc) is 3.42. The minimum Gasteiger partial charge on any atom is -0.366 e. The lowest BCUT2D eigenvalue weighted by atomic mass is 10.2. The molecule has 2 fully saturated rings. The fraction of sp³-hybridized carbons (Fsp3) is 0.364. The molecule has 1 aromatic carbocycles. The summed E-state index contributed by atoms with van der Waals surface area (Å²) in [6, 6.07) is 7.37. The molecule has 2 aliphatic rings. The number of benzene rings is 1. The first-order chi connectivity index (χ1) is 14.8. The second-order valence-electron chi connectivity index (χ2n) is 7.82. The van der Waals surface area contributed by atoms with Gasteiger partial charge in [-0.15, -0.1) is 0 Å². The Kier molecular flexibility index (Phi) is 5.53. The number of carbonyl (C=O) groups is 1. The molecule has 4 rings (SSSR count). The van der Waals surface area contributed by atoms with Gasteiger partial charge in [0.2, 0.25) is 0 Å². The number of hydrogen-bond acceptors (Lipinski definition) is 5. The normalized spacial score (nSPS) is 17.7. The monoisotopic (exact) mass is 439 g/mol. The molecule has 1 aromatic heterocycles. The summed E-state index contributed by atoms with van der Waals surface area (Å²) in [6.07, 6.45) is 3.90. The zero-order valence-electron chi connectivity index (χ0n) is 17.8. The standard InChI is InChI=1S/C22H25N5O3S/c1-4-25-21(28)18(23-22(25)31)12-16-11-14(2)26(15(16)3)17-7-8-19(20(13-17)27(29)30)24-9-5-6-10-24/h7-8,11-13H,4-6,9-10H2,1-3H3,(H,23,31)/b18-12-. The number of nitrogens with zero attached hydrogens (tertiary/aromatic N) is 4. The Morgan fingerprint density at radius 2 is 1.94 bits per heavy atom. The smallest absolute Gasteiger partial charge is 0.294 e. The number of nitro benzene ring substituents is 1. The van der Waals surface area contributed by atoms with Gasteiger partial charge in [-0.05, 0) is 75.7 Å². The van der Waals surface area contributed by atoms with Crippen molar-refractivity contribution >= 4 is 40.7 Å². The highest BCUT2D eigenvalue weighted by Crippen LogP contribution is 2.34. The van der Waals surface area contributed by atoms with Crippen LogP contribution >= 0.6 is 12.2 Å². The molecule has 0 spiro atoms. The highest BCUT2D eigenvalue weighted by Gasteiger charge is 2.29. The molecule has 2 aliphatic heterocycles. The Bertz CT molecular complexity index is 1110. The summed E-state index contributed by atoms with van der Waals surface area (Å²) in [4.78, 5) is 27.6. The number of carbonyl (C=O) groups excluding carboxylic acids is 1. The lowest BCUT2D eigenvalue weighted by Crippen LogP contribution is -2.30. The van der Waals surface area contributed by atoms with Gasteiger partial charge < -0.3 is 14.8 Å². The zero-order valence-corrected chi connectivity index (χ0v) is 18.7. The van der Waals surface area contributed by atoms with E-state index in [1.54, 1.807) is 12.1 Å². The van der Waals surface area contributed by atoms with Gasteiger partial charge >= 0.3 is 0 Å². The fourth-order valence-corrected chi connectivity index (χ4v) is 4.69. The maximum Gasteiger partial charge on any atom is 0.294 e. The zero-order chi connectivity index (χ0) is 22.3. The molecule has 0 aliphatic carbocycles. The molecule has 2 aromatic rings. The molecular formula is C22H25N5O3S. The van der Waals surface area contributed by atoms with Crippen molar-refractivity contribution in [2.75, 3.05) is 24.5 Å². The van der Waals surface area contributed by atoms with Crippen molar-refractivity contribution in [3.63, 3.8) is 0 Å². The Balaban J connectivity index is 1.73. The Hall–Kier alpha value is -3.20. The molecule has 0 radical (unpaired) electrons. The van der Waals surface area contributed by atoms with Crippen molar-refractivity contribution < 1.29 is 9.72 Å². The number of rotatable bonds is 5. The number of nitro groups is 1. The molecule has 0 saturated carbocycles. The molecule has 0 bridgehead atoms. The van der Waals surface area contributed by atoms with Crippen LogP contribution in [0.2, 0.25) is 0 Å². The van der Waals surface area contributed by atoms with Crippen LogP contribution < -0.4 is 10.2 Å². The molecule has 1 N–H and O–H groups in total. The predicted molar refractivity (Wildman–Crippen MR) is 124 cm³/mol. The maximum atomic E-state index is 12.5. The van der Waals surface area contributed by atoms with Gasteiger partial charge in [-0.25, -0.2) is 0 Å². The Morgan fingerprint density at radius 3 is 2.55 bits per heavy atom. The SMILES string of the molecule is CCN1C(=O)/C(=C/c2cc(C)n(-c3ccc(N4CCCC4)c([N+](=O)[O-])c3)c2C)NC1=S. The van der Waals surface area contributed by atoms with Crippen LogP contribution in [0.15, 0.2) is 30.0 Å². The first-order valence-corrected chi connectivity index (χ1v) is 10.8. The molecule has 1 amide bonds. The first-order valence-electron chi connectivity index (χ1n) is 10.4. The van der Waals surface area contributed by atoms with Gasteiger partial charge in [0.05, 0.1) is 10.6 Å². The van der Waals surface area contributed by atoms with Gasteiger partial charge in [-0.3, -0.25) is 19.8 Å². The summed E-state index contributed by atoms with van der Waals surface area (Å²) in [5, 5.41) is 15.2. The minimum atomic E-state index is -0.310. The molecule has 2 saturated heterocycles. The number of likely N-dealkylation sites (N-methyl/N-ethyl adjacent to an activating group) is 1. The van der Waals surface area contributed by atoms with E-state index in [0.29, 0.717) is 23.0 Å². The van der Waals surface area contributed by atoms with E-state index in [0.717, 1.165) is 48.6 Å². The number of amides is 1. The molecule has 0 atom stereocenters. The van der Waals surface area contributed by atoms with E-state index in [1.165, 1.54) is 4.90 Å². The third kappa shape index (κ3) is 3.69. The molecule has 3 heterocycles. The predicted octanol–water partition coefficient (Wildman–Crippen LogP) is 3.68. The number of aromatic nitrogens is 1. The van der Waals surface area contributed by atoms with E-state index in [1.807, 2.05) is 43.5 Å². The van der Waals surface area contributed by atoms with E-state index in [4.69, 9.17) is 12.2 Å². The summed E-state index contributed by atoms with van der Waals surface area (Å²) in [7, 11) is 0. The molecule has 9 heteroatoms. The van der Waals surface area contributed by atoms with Crippen molar-refractivity contribution in [3.8, 4) is 5.69 Å². The third-order valence-electron chi connectivity index (χ3n) is 5.91. The topological polar surface area (TPSA) is 83.7 Å². The molecule has 0 unspecified atom stereocenters. The van der Waals surface area contributed by atoms with Gasteiger partial charge in [0, 0.05) is 37.1 Å². The maximum absolute atomic E-state index is 12.5. The number of nitrogens with one attached hydrogen (secondary N) is 1. The van der Waals surface area contributed by atoms with Crippen molar-refractivity contribution in [1.29, 1.82) is 0 Å². The van der Waals surface area contributed by atoms with E-state index in [-0.39, 0.29) is 16.5 Å². The van der Waals surface area contributed by atoms with Crippen LogP contribution in [0, 0.1) is 24.0 Å². The molecule has 162 valence electrons. The summed E-state index contributed by atoms with van der Waals surface area (Å²) in [5.74, 6) is -0.150. The third-order valence-corrected chi connectivity index (χ3v) is 6.23. The second kappa shape index (κ2) is 8.14. The van der Waals surface area contributed by atoms with E-state index < -0.39 is 0 Å². The van der Waals surface area contributed by atoms with Crippen LogP contribution in [0.3, 0.4) is 0 Å². The second-order valence-corrected chi connectivity index (χ2v) is 8.21. The van der Waals surface area contributed by atoms with Gasteiger partial charge in [0.15, 0.2) is 5.11 Å². The minimum absolute atomic E-state index is 0.114. The van der Waals surface area contributed by atoms with Crippen LogP contribution in [-0.2, 0) is 4.79 Å². The summed E-state index contributed by atoms with van der Waals surface area (Å²) in [6.45, 7) is 7.96. The van der Waals surface area contributed by atoms with Crippen LogP contribution in [0.1, 0.15) is 36.7 Å². The summed E-state index contributed by atoms with van der Waals surface area (Å²) >= 11 is 5.23. The number of anilines is 1. The highest BCUT2D eigenvalue weighted by molar-refractivity contribution is 7.80. The lowest BCUT2D eigenvalue weighted by molar-refractivity contribution is -0.384. The van der Waals surface area contributed by atoms with Crippen molar-refractivity contribution in [2.24, 2.45) is 0 Å².